The first-order valence-electron chi connectivity index (χ1n) is 6.47. The highest BCUT2D eigenvalue weighted by Gasteiger charge is 2.16. The van der Waals surface area contributed by atoms with Crippen LogP contribution in [-0.2, 0) is 9.59 Å². The molecular weight excluding hydrogens is 266 g/mol. The van der Waals surface area contributed by atoms with E-state index in [1.807, 2.05) is 13.8 Å². The molecule has 0 heterocycles. The van der Waals surface area contributed by atoms with Crippen LogP contribution in [0.5, 0.6) is 0 Å². The zero-order chi connectivity index (χ0) is 15.7. The zero-order valence-electron chi connectivity index (χ0n) is 12.0. The van der Waals surface area contributed by atoms with Crippen molar-refractivity contribution < 1.29 is 24.6 Å². The largest absolute Gasteiger partial charge is 0.479 e. The number of aliphatic carboxylic acids is 1. The molecule has 0 saturated carbocycles. The molecule has 0 spiro atoms. The Bertz CT molecular complexity index is 346. The van der Waals surface area contributed by atoms with Crippen LogP contribution in [0.2, 0.25) is 0 Å². The Balaban J connectivity index is 3.90. The van der Waals surface area contributed by atoms with Gasteiger partial charge < -0.3 is 26.2 Å². The molecule has 0 aromatic rings. The summed E-state index contributed by atoms with van der Waals surface area (Å²) >= 11 is 0. The van der Waals surface area contributed by atoms with Crippen LogP contribution >= 0.6 is 0 Å². The van der Waals surface area contributed by atoms with Gasteiger partial charge in [-0.05, 0) is 12.8 Å². The lowest BCUT2D eigenvalue weighted by Crippen LogP contribution is -2.49. The van der Waals surface area contributed by atoms with Crippen molar-refractivity contribution in [2.45, 2.75) is 39.3 Å². The van der Waals surface area contributed by atoms with E-state index in [1.165, 1.54) is 0 Å². The van der Waals surface area contributed by atoms with Crippen LogP contribution in [-0.4, -0.2) is 53.4 Å². The molecule has 0 rings (SSSR count). The van der Waals surface area contributed by atoms with E-state index < -0.39 is 24.1 Å². The monoisotopic (exact) mass is 289 g/mol. The summed E-state index contributed by atoms with van der Waals surface area (Å²) in [6, 6.07) is -1.28. The Kier molecular flexibility index (Phi) is 8.30. The summed E-state index contributed by atoms with van der Waals surface area (Å²) < 4.78 is 0. The molecule has 0 radical (unpaired) electrons. The molecule has 0 aromatic heterocycles. The first kappa shape index (κ1) is 18.2. The number of carbonyl (C=O) groups is 3. The van der Waals surface area contributed by atoms with E-state index in [0.29, 0.717) is 12.5 Å². The van der Waals surface area contributed by atoms with Gasteiger partial charge in [0.05, 0.1) is 0 Å². The third-order valence-corrected chi connectivity index (χ3v) is 2.41. The molecule has 8 heteroatoms. The topological polar surface area (TPSA) is 128 Å². The second-order valence-electron chi connectivity index (χ2n) is 4.90. The first-order valence-corrected chi connectivity index (χ1v) is 6.47. The van der Waals surface area contributed by atoms with Crippen LogP contribution < -0.4 is 16.0 Å². The van der Waals surface area contributed by atoms with Crippen LogP contribution in [0.25, 0.3) is 0 Å². The molecule has 3 amide bonds. The molecule has 8 nitrogen and oxygen atoms in total. The summed E-state index contributed by atoms with van der Waals surface area (Å²) in [6.07, 6.45) is -1.61. The first-order chi connectivity index (χ1) is 9.23. The molecule has 116 valence electrons. The maximum atomic E-state index is 11.6. The van der Waals surface area contributed by atoms with Gasteiger partial charge in [-0.2, -0.15) is 0 Å². The van der Waals surface area contributed by atoms with E-state index >= 15 is 0 Å². The average molecular weight is 289 g/mol. The van der Waals surface area contributed by atoms with E-state index in [2.05, 4.69) is 16.0 Å². The number of rotatable bonds is 8. The number of amides is 3. The Morgan fingerprint density at radius 1 is 1.10 bits per heavy atom. The van der Waals surface area contributed by atoms with E-state index in [1.54, 1.807) is 6.92 Å². The lowest BCUT2D eigenvalue weighted by atomic mass is 10.2. The summed E-state index contributed by atoms with van der Waals surface area (Å²) in [5, 5.41) is 24.9. The minimum Gasteiger partial charge on any atom is -0.479 e. The number of urea groups is 1. The van der Waals surface area contributed by atoms with Gasteiger partial charge in [-0.3, -0.25) is 4.79 Å². The fraction of sp³-hybridized carbons (Fsp3) is 0.750. The van der Waals surface area contributed by atoms with Crippen molar-refractivity contribution in [2.24, 2.45) is 5.92 Å². The normalized spacial score (nSPS) is 13.4. The maximum absolute atomic E-state index is 11.6. The predicted octanol–water partition coefficient (Wildman–Crippen LogP) is -0.718. The van der Waals surface area contributed by atoms with Crippen LogP contribution in [0, 0.1) is 5.92 Å². The van der Waals surface area contributed by atoms with Gasteiger partial charge in [-0.1, -0.05) is 13.8 Å². The second kappa shape index (κ2) is 9.13. The molecule has 0 aromatic carbocycles. The lowest BCUT2D eigenvalue weighted by molar-refractivity contribution is -0.146. The van der Waals surface area contributed by atoms with Gasteiger partial charge >= 0.3 is 12.0 Å². The summed E-state index contributed by atoms with van der Waals surface area (Å²) in [5.41, 5.74) is 0. The van der Waals surface area contributed by atoms with Crippen LogP contribution in [0.1, 0.15) is 27.2 Å². The summed E-state index contributed by atoms with van der Waals surface area (Å²) in [4.78, 5) is 33.3. The number of hydrogen-bond donors (Lipinski definition) is 5. The fourth-order valence-electron chi connectivity index (χ4n) is 1.22. The van der Waals surface area contributed by atoms with Crippen molar-refractivity contribution >= 4 is 17.9 Å². The van der Waals surface area contributed by atoms with Crippen molar-refractivity contribution in [3.05, 3.63) is 0 Å². The molecular formula is C12H23N3O5. The smallest absolute Gasteiger partial charge is 0.332 e. The van der Waals surface area contributed by atoms with Crippen molar-refractivity contribution in [3.8, 4) is 0 Å². The lowest BCUT2D eigenvalue weighted by Gasteiger charge is -2.16. The van der Waals surface area contributed by atoms with Gasteiger partial charge in [-0.25, -0.2) is 9.59 Å². The number of carboxylic acid groups (broad SMARTS) is 1. The van der Waals surface area contributed by atoms with Crippen molar-refractivity contribution in [1.82, 2.24) is 16.0 Å². The van der Waals surface area contributed by atoms with Gasteiger partial charge in [0.2, 0.25) is 5.91 Å². The van der Waals surface area contributed by atoms with Gasteiger partial charge in [0, 0.05) is 19.5 Å². The van der Waals surface area contributed by atoms with Crippen LogP contribution in [0.3, 0.4) is 0 Å². The zero-order valence-corrected chi connectivity index (χ0v) is 12.0. The predicted molar refractivity (Wildman–Crippen MR) is 72.1 cm³/mol. The third kappa shape index (κ3) is 8.30. The SMILES string of the molecule is CC(C)CNC(=O)C(C)NC(=O)NCC[C@H](O)C(=O)O. The minimum absolute atomic E-state index is 0.000364. The molecule has 0 bridgehead atoms. The van der Waals surface area contributed by atoms with E-state index in [9.17, 15) is 14.4 Å². The van der Waals surface area contributed by atoms with Crippen molar-refractivity contribution in [3.63, 3.8) is 0 Å². The van der Waals surface area contributed by atoms with Crippen LogP contribution in [0.4, 0.5) is 4.79 Å². The Morgan fingerprint density at radius 3 is 2.20 bits per heavy atom. The Hall–Kier alpha value is -1.83. The molecule has 5 N–H and O–H groups in total. The number of carbonyl (C=O) groups excluding carboxylic acids is 2. The molecule has 0 aliphatic heterocycles. The minimum atomic E-state index is -1.51. The number of aliphatic hydroxyl groups excluding tert-OH is 1. The van der Waals surface area contributed by atoms with Crippen molar-refractivity contribution in [1.29, 1.82) is 0 Å². The van der Waals surface area contributed by atoms with Gasteiger partial charge in [0.1, 0.15) is 6.04 Å². The molecule has 20 heavy (non-hydrogen) atoms. The molecule has 1 unspecified atom stereocenters. The number of aliphatic hydroxyl groups is 1. The second-order valence-corrected chi connectivity index (χ2v) is 4.90. The van der Waals surface area contributed by atoms with E-state index in [0.717, 1.165) is 0 Å². The third-order valence-electron chi connectivity index (χ3n) is 2.41. The highest BCUT2D eigenvalue weighted by Crippen LogP contribution is 1.91. The van der Waals surface area contributed by atoms with Gasteiger partial charge in [0.15, 0.2) is 6.10 Å². The maximum Gasteiger partial charge on any atom is 0.332 e. The summed E-state index contributed by atoms with van der Waals surface area (Å²) in [6.45, 7) is 5.98. The summed E-state index contributed by atoms with van der Waals surface area (Å²) in [5.74, 6) is -1.31. The molecule has 2 atom stereocenters. The standard InChI is InChI=1S/C12H23N3O5/c1-7(2)6-14-10(17)8(3)15-12(20)13-5-4-9(16)11(18)19/h7-9,16H,4-6H2,1-3H3,(H,14,17)(H,18,19)(H2,13,15,20)/t8?,9-/m0/s1. The molecule has 0 fully saturated rings. The molecule has 0 aliphatic carbocycles. The Morgan fingerprint density at radius 2 is 1.70 bits per heavy atom. The number of nitrogens with one attached hydrogen (secondary N) is 3. The number of carboxylic acids is 1. The highest BCUT2D eigenvalue weighted by molar-refractivity contribution is 5.86. The van der Waals surface area contributed by atoms with Crippen LogP contribution in [0.15, 0.2) is 0 Å². The Labute approximate surface area is 117 Å². The van der Waals surface area contributed by atoms with Gasteiger partial charge in [0.25, 0.3) is 0 Å². The molecule has 0 aliphatic rings. The van der Waals surface area contributed by atoms with Gasteiger partial charge in [-0.15, -0.1) is 0 Å². The average Bonchev–Trinajstić information content (AvgIpc) is 2.35. The van der Waals surface area contributed by atoms with E-state index in [-0.39, 0.29) is 18.9 Å². The summed E-state index contributed by atoms with van der Waals surface area (Å²) in [7, 11) is 0. The van der Waals surface area contributed by atoms with Crippen molar-refractivity contribution in [2.75, 3.05) is 13.1 Å². The number of hydrogen-bond acceptors (Lipinski definition) is 4. The molecule has 0 saturated heterocycles. The highest BCUT2D eigenvalue weighted by atomic mass is 16.4. The fourth-order valence-corrected chi connectivity index (χ4v) is 1.22. The van der Waals surface area contributed by atoms with E-state index in [4.69, 9.17) is 10.2 Å². The quantitative estimate of drug-likeness (QED) is 0.403.